The van der Waals surface area contributed by atoms with Crippen LogP contribution in [-0.2, 0) is 0 Å². The number of hydrogen-bond acceptors (Lipinski definition) is 2. The lowest BCUT2D eigenvalue weighted by Crippen LogP contribution is -1.89. The number of halogens is 2. The third-order valence-electron chi connectivity index (χ3n) is 0.973. The zero-order chi connectivity index (χ0) is 7.56. The van der Waals surface area contributed by atoms with Crippen molar-refractivity contribution in [3.05, 3.63) is 23.2 Å². The van der Waals surface area contributed by atoms with Gasteiger partial charge in [0.2, 0.25) is 0 Å². The van der Waals surface area contributed by atoms with Crippen LogP contribution in [0.25, 0.3) is 0 Å². The Morgan fingerprint density at radius 1 is 1.80 bits per heavy atom. The summed E-state index contributed by atoms with van der Waals surface area (Å²) in [6, 6.07) is 0. The smallest absolute Gasteiger partial charge is 0.187 e. The molecule has 0 saturated heterocycles. The number of pyridine rings is 1. The van der Waals surface area contributed by atoms with Gasteiger partial charge < -0.3 is 4.74 Å². The molecule has 0 spiro atoms. The molecule has 2 nitrogen and oxygen atoms in total. The van der Waals surface area contributed by atoms with E-state index >= 15 is 0 Å². The Morgan fingerprint density at radius 2 is 2.50 bits per heavy atom. The molecule has 0 aliphatic rings. The van der Waals surface area contributed by atoms with Crippen LogP contribution >= 0.6 is 11.6 Å². The molecule has 1 rings (SSSR count). The lowest BCUT2D eigenvalue weighted by Gasteiger charge is -1.99. The van der Waals surface area contributed by atoms with Crippen molar-refractivity contribution in [2.45, 2.75) is 0 Å². The predicted molar refractivity (Wildman–Crippen MR) is 34.6 cm³/mol. The van der Waals surface area contributed by atoms with Crippen molar-refractivity contribution in [1.29, 1.82) is 0 Å². The topological polar surface area (TPSA) is 22.1 Å². The summed E-state index contributed by atoms with van der Waals surface area (Å²) in [6.45, 7) is 0. The fourth-order valence-corrected chi connectivity index (χ4v) is 0.646. The van der Waals surface area contributed by atoms with Crippen LogP contribution in [0.15, 0.2) is 6.20 Å². The molecule has 0 fully saturated rings. The Bertz CT molecular complexity index is 241. The van der Waals surface area contributed by atoms with Crippen molar-refractivity contribution in [3.8, 4) is 5.75 Å². The minimum Gasteiger partial charge on any atom is -0.492 e. The van der Waals surface area contributed by atoms with Gasteiger partial charge in [-0.05, 0) is 0 Å². The molecule has 0 atom stereocenters. The van der Waals surface area contributed by atoms with Crippen LogP contribution in [0.5, 0.6) is 5.75 Å². The van der Waals surface area contributed by atoms with E-state index in [1.54, 1.807) is 0 Å². The second-order valence-electron chi connectivity index (χ2n) is 1.57. The molecule has 1 radical (unpaired) electrons. The first kappa shape index (κ1) is 7.28. The molecule has 0 unspecified atom stereocenters. The zero-order valence-corrected chi connectivity index (χ0v) is 5.94. The van der Waals surface area contributed by atoms with E-state index in [0.717, 1.165) is 0 Å². The molecule has 0 aliphatic carbocycles. The molecule has 0 amide bonds. The van der Waals surface area contributed by atoms with E-state index in [-0.39, 0.29) is 10.8 Å². The van der Waals surface area contributed by atoms with Crippen LogP contribution in [0.2, 0.25) is 5.02 Å². The first-order valence-electron chi connectivity index (χ1n) is 2.51. The van der Waals surface area contributed by atoms with Crippen molar-refractivity contribution in [3.63, 3.8) is 0 Å². The highest BCUT2D eigenvalue weighted by Crippen LogP contribution is 2.20. The van der Waals surface area contributed by atoms with Gasteiger partial charge in [0.25, 0.3) is 0 Å². The van der Waals surface area contributed by atoms with Gasteiger partial charge in [-0.1, -0.05) is 11.6 Å². The van der Waals surface area contributed by atoms with Crippen LogP contribution in [-0.4, -0.2) is 12.1 Å². The van der Waals surface area contributed by atoms with Gasteiger partial charge in [-0.15, -0.1) is 0 Å². The average Bonchev–Trinajstić information content (AvgIpc) is 1.95. The van der Waals surface area contributed by atoms with E-state index < -0.39 is 5.82 Å². The maximum absolute atomic E-state index is 12.7. The van der Waals surface area contributed by atoms with Crippen LogP contribution in [0.4, 0.5) is 4.39 Å². The summed E-state index contributed by atoms with van der Waals surface area (Å²) in [5.74, 6) is -0.595. The zero-order valence-electron chi connectivity index (χ0n) is 5.19. The summed E-state index contributed by atoms with van der Waals surface area (Å²) in [7, 11) is 1.34. The maximum atomic E-state index is 12.7. The highest BCUT2D eigenvalue weighted by Gasteiger charge is 2.05. The molecule has 0 bridgehead atoms. The van der Waals surface area contributed by atoms with E-state index in [1.807, 2.05) is 0 Å². The Kier molecular flexibility index (Phi) is 2.06. The second-order valence-corrected chi connectivity index (χ2v) is 1.94. The molecule has 1 aromatic rings. The van der Waals surface area contributed by atoms with Crippen LogP contribution in [0, 0.1) is 12.0 Å². The van der Waals surface area contributed by atoms with Gasteiger partial charge in [0.15, 0.2) is 11.6 Å². The third kappa shape index (κ3) is 1.19. The van der Waals surface area contributed by atoms with Crippen molar-refractivity contribution in [2.24, 2.45) is 0 Å². The lowest BCUT2D eigenvalue weighted by atomic mass is 10.4. The number of nitrogens with zero attached hydrogens (tertiary/aromatic N) is 1. The van der Waals surface area contributed by atoms with Gasteiger partial charge in [0, 0.05) is 0 Å². The predicted octanol–water partition coefficient (Wildman–Crippen LogP) is 1.68. The molecule has 0 N–H and O–H groups in total. The van der Waals surface area contributed by atoms with Gasteiger partial charge >= 0.3 is 0 Å². The molecule has 0 aliphatic heterocycles. The highest BCUT2D eigenvalue weighted by molar-refractivity contribution is 6.30. The van der Waals surface area contributed by atoms with E-state index in [9.17, 15) is 4.39 Å². The third-order valence-corrected chi connectivity index (χ3v) is 1.22. The van der Waals surface area contributed by atoms with E-state index in [1.165, 1.54) is 13.3 Å². The Hall–Kier alpha value is -0.830. The van der Waals surface area contributed by atoms with Crippen LogP contribution < -0.4 is 4.74 Å². The van der Waals surface area contributed by atoms with Gasteiger partial charge in [-0.3, -0.25) is 0 Å². The minimum absolute atomic E-state index is 0.0312. The Morgan fingerprint density at radius 3 is 3.00 bits per heavy atom. The van der Waals surface area contributed by atoms with Gasteiger partial charge in [0.05, 0.1) is 13.3 Å². The number of hydrogen-bond donors (Lipinski definition) is 0. The van der Waals surface area contributed by atoms with Crippen LogP contribution in [0.1, 0.15) is 0 Å². The van der Waals surface area contributed by atoms with Crippen molar-refractivity contribution in [1.82, 2.24) is 4.98 Å². The number of aromatic nitrogens is 1. The summed E-state index contributed by atoms with van der Waals surface area (Å²) in [5, 5.41) is -0.153. The van der Waals surface area contributed by atoms with E-state index in [0.29, 0.717) is 0 Å². The summed E-state index contributed by atoms with van der Waals surface area (Å²) >= 11 is 5.32. The SMILES string of the molecule is COc1cn[c]c(Cl)c1F. The molecule has 10 heavy (non-hydrogen) atoms. The lowest BCUT2D eigenvalue weighted by molar-refractivity contribution is 0.384. The summed E-state index contributed by atoms with van der Waals surface area (Å²) < 4.78 is 17.3. The monoisotopic (exact) mass is 160 g/mol. The summed E-state index contributed by atoms with van der Waals surface area (Å²) in [4.78, 5) is 3.49. The number of ether oxygens (including phenoxy) is 1. The number of methoxy groups -OCH3 is 1. The molecular formula is C6H4ClFNO. The first-order valence-corrected chi connectivity index (χ1v) is 2.89. The van der Waals surface area contributed by atoms with Crippen LogP contribution in [0.3, 0.4) is 0 Å². The highest BCUT2D eigenvalue weighted by atomic mass is 35.5. The summed E-state index contributed by atoms with van der Waals surface area (Å²) in [6.07, 6.45) is 3.44. The summed E-state index contributed by atoms with van der Waals surface area (Å²) in [5.41, 5.74) is 0. The molecule has 0 aromatic carbocycles. The minimum atomic E-state index is -0.626. The van der Waals surface area contributed by atoms with Crippen molar-refractivity contribution >= 4 is 11.6 Å². The molecule has 1 heterocycles. The standard InChI is InChI=1S/C6H4ClFNO/c1-10-5-3-9-2-4(7)6(5)8/h3H,1H3. The number of rotatable bonds is 1. The fraction of sp³-hybridized carbons (Fsp3) is 0.167. The van der Waals surface area contributed by atoms with E-state index in [4.69, 9.17) is 11.6 Å². The molecule has 1 aromatic heterocycles. The fourth-order valence-electron chi connectivity index (χ4n) is 0.504. The van der Waals surface area contributed by atoms with Gasteiger partial charge in [-0.2, -0.15) is 0 Å². The first-order chi connectivity index (χ1) is 4.75. The van der Waals surface area contributed by atoms with Crippen molar-refractivity contribution in [2.75, 3.05) is 7.11 Å². The normalized spacial score (nSPS) is 9.50. The second kappa shape index (κ2) is 2.84. The maximum Gasteiger partial charge on any atom is 0.187 e. The van der Waals surface area contributed by atoms with Gasteiger partial charge in [0.1, 0.15) is 11.2 Å². The molecule has 4 heteroatoms. The molecule has 53 valence electrons. The molecule has 0 saturated carbocycles. The van der Waals surface area contributed by atoms with E-state index in [2.05, 4.69) is 15.9 Å². The largest absolute Gasteiger partial charge is 0.492 e. The Balaban J connectivity index is 3.14. The van der Waals surface area contributed by atoms with Crippen molar-refractivity contribution < 1.29 is 9.13 Å². The van der Waals surface area contributed by atoms with Gasteiger partial charge in [-0.25, -0.2) is 9.37 Å². The molecular weight excluding hydrogens is 157 g/mol. The average molecular weight is 161 g/mol. The Labute approximate surface area is 62.6 Å². The quantitative estimate of drug-likeness (QED) is 0.624.